The van der Waals surface area contributed by atoms with Crippen LogP contribution in [0.5, 0.6) is 28.7 Å². The molecule has 31 heavy (non-hydrogen) atoms. The van der Waals surface area contributed by atoms with Gasteiger partial charge in [0.2, 0.25) is 0 Å². The van der Waals surface area contributed by atoms with Crippen molar-refractivity contribution in [2.75, 3.05) is 0 Å². The van der Waals surface area contributed by atoms with E-state index in [4.69, 9.17) is 9.47 Å². The summed E-state index contributed by atoms with van der Waals surface area (Å²) in [5.74, 6) is -0.103. The SMILES string of the molecule is CC(C)=CCCC1(C)C=Cc2c(O)ccc(C3CC(=O)c4c(O)cc(O)cc4O3)c2O1. The van der Waals surface area contributed by atoms with E-state index in [1.807, 2.05) is 19.1 Å². The minimum atomic E-state index is -0.677. The van der Waals surface area contributed by atoms with Gasteiger partial charge >= 0.3 is 0 Å². The molecule has 0 fully saturated rings. The summed E-state index contributed by atoms with van der Waals surface area (Å²) in [7, 11) is 0. The molecule has 0 amide bonds. The summed E-state index contributed by atoms with van der Waals surface area (Å²) in [6.07, 6.45) is 6.86. The predicted octanol–water partition coefficient (Wildman–Crippen LogP) is 5.42. The van der Waals surface area contributed by atoms with Gasteiger partial charge in [0, 0.05) is 17.7 Å². The Kier molecular flexibility index (Phi) is 5.17. The molecule has 0 radical (unpaired) electrons. The van der Waals surface area contributed by atoms with Crippen LogP contribution >= 0.6 is 0 Å². The van der Waals surface area contributed by atoms with Gasteiger partial charge in [-0.05, 0) is 57.9 Å². The standard InChI is InChI=1S/C25H26O6/c1-14(2)5-4-9-25(3)10-8-16-18(27)7-6-17(24(16)31-25)21-13-20(29)23-19(28)11-15(26)12-22(23)30-21/h5-8,10-12,21,26-28H,4,9,13H2,1-3H3. The molecule has 0 spiro atoms. The molecular weight excluding hydrogens is 396 g/mol. The Morgan fingerprint density at radius 2 is 1.97 bits per heavy atom. The number of phenols is 3. The van der Waals surface area contributed by atoms with Gasteiger partial charge in [-0.1, -0.05) is 11.6 Å². The maximum atomic E-state index is 12.7. The highest BCUT2D eigenvalue weighted by molar-refractivity contribution is 6.02. The van der Waals surface area contributed by atoms with Crippen molar-refractivity contribution in [1.82, 2.24) is 0 Å². The summed E-state index contributed by atoms with van der Waals surface area (Å²) in [5, 5.41) is 30.2. The van der Waals surface area contributed by atoms with Crippen molar-refractivity contribution in [2.45, 2.75) is 51.7 Å². The summed E-state index contributed by atoms with van der Waals surface area (Å²) >= 11 is 0. The monoisotopic (exact) mass is 422 g/mol. The van der Waals surface area contributed by atoms with E-state index in [9.17, 15) is 20.1 Å². The third-order valence-electron chi connectivity index (χ3n) is 5.67. The van der Waals surface area contributed by atoms with Gasteiger partial charge in [0.05, 0.1) is 12.0 Å². The van der Waals surface area contributed by atoms with Crippen molar-refractivity contribution in [3.05, 3.63) is 58.7 Å². The molecule has 2 heterocycles. The topological polar surface area (TPSA) is 96.2 Å². The van der Waals surface area contributed by atoms with Gasteiger partial charge in [-0.3, -0.25) is 4.79 Å². The van der Waals surface area contributed by atoms with Crippen LogP contribution in [0, 0.1) is 0 Å². The van der Waals surface area contributed by atoms with Crippen molar-refractivity contribution >= 4 is 11.9 Å². The van der Waals surface area contributed by atoms with Crippen LogP contribution in [-0.4, -0.2) is 26.7 Å². The zero-order chi connectivity index (χ0) is 22.3. The van der Waals surface area contributed by atoms with Crippen molar-refractivity contribution < 1.29 is 29.6 Å². The third-order valence-corrected chi connectivity index (χ3v) is 5.67. The van der Waals surface area contributed by atoms with Gasteiger partial charge in [-0.2, -0.15) is 0 Å². The molecule has 6 heteroatoms. The van der Waals surface area contributed by atoms with Crippen molar-refractivity contribution in [1.29, 1.82) is 0 Å². The van der Waals surface area contributed by atoms with Gasteiger partial charge in [0.15, 0.2) is 5.78 Å². The first-order valence-corrected chi connectivity index (χ1v) is 10.3. The average Bonchev–Trinajstić information content (AvgIpc) is 2.66. The first-order chi connectivity index (χ1) is 14.7. The van der Waals surface area contributed by atoms with Crippen LogP contribution in [-0.2, 0) is 0 Å². The first kappa shape index (κ1) is 20.8. The molecule has 162 valence electrons. The normalized spacial score (nSPS) is 21.5. The number of Topliss-reactive ketones (excluding diaryl/α,β-unsaturated/α-hetero) is 1. The van der Waals surface area contributed by atoms with E-state index in [-0.39, 0.29) is 40.8 Å². The summed E-state index contributed by atoms with van der Waals surface area (Å²) in [6, 6.07) is 5.68. The van der Waals surface area contributed by atoms with E-state index in [2.05, 4.69) is 19.9 Å². The summed E-state index contributed by atoms with van der Waals surface area (Å²) < 4.78 is 12.4. The number of ketones is 1. The van der Waals surface area contributed by atoms with E-state index in [0.29, 0.717) is 16.9 Å². The number of hydrogen-bond acceptors (Lipinski definition) is 6. The molecule has 4 rings (SSSR count). The van der Waals surface area contributed by atoms with Crippen LogP contribution in [0.2, 0.25) is 0 Å². The lowest BCUT2D eigenvalue weighted by Crippen LogP contribution is -2.33. The zero-order valence-electron chi connectivity index (χ0n) is 17.8. The van der Waals surface area contributed by atoms with E-state index >= 15 is 0 Å². The fourth-order valence-electron chi connectivity index (χ4n) is 4.04. The number of carbonyl (C=O) groups is 1. The fraction of sp³-hybridized carbons (Fsp3) is 0.320. The number of allylic oxidation sites excluding steroid dienone is 2. The Hall–Kier alpha value is -3.41. The predicted molar refractivity (Wildman–Crippen MR) is 117 cm³/mol. The molecule has 2 aromatic rings. The van der Waals surface area contributed by atoms with Crippen LogP contribution in [0.15, 0.2) is 42.0 Å². The van der Waals surface area contributed by atoms with E-state index in [1.165, 1.54) is 11.6 Å². The molecule has 2 aromatic carbocycles. The highest BCUT2D eigenvalue weighted by atomic mass is 16.5. The van der Waals surface area contributed by atoms with Gasteiger partial charge in [0.25, 0.3) is 0 Å². The van der Waals surface area contributed by atoms with Crippen LogP contribution in [0.1, 0.15) is 67.6 Å². The summed E-state index contributed by atoms with van der Waals surface area (Å²) in [5.41, 5.74) is 1.90. The number of benzene rings is 2. The molecule has 0 aromatic heterocycles. The molecule has 2 unspecified atom stereocenters. The Balaban J connectivity index is 1.70. The quantitative estimate of drug-likeness (QED) is 0.569. The molecule has 2 aliphatic rings. The van der Waals surface area contributed by atoms with Crippen molar-refractivity contribution in [3.8, 4) is 28.7 Å². The number of fused-ring (bicyclic) bond motifs is 2. The number of aromatic hydroxyl groups is 3. The number of rotatable bonds is 4. The minimum Gasteiger partial charge on any atom is -0.508 e. The summed E-state index contributed by atoms with van der Waals surface area (Å²) in [6.45, 7) is 6.09. The lowest BCUT2D eigenvalue weighted by molar-refractivity contribution is 0.0824. The molecule has 6 nitrogen and oxygen atoms in total. The highest BCUT2D eigenvalue weighted by Crippen LogP contribution is 2.47. The lowest BCUT2D eigenvalue weighted by atomic mass is 9.90. The van der Waals surface area contributed by atoms with E-state index in [1.54, 1.807) is 12.1 Å². The second kappa shape index (κ2) is 7.69. The van der Waals surface area contributed by atoms with E-state index < -0.39 is 11.7 Å². The molecule has 0 aliphatic carbocycles. The van der Waals surface area contributed by atoms with Crippen LogP contribution in [0.3, 0.4) is 0 Å². The third kappa shape index (κ3) is 3.98. The molecule has 0 saturated heterocycles. The van der Waals surface area contributed by atoms with Crippen LogP contribution in [0.25, 0.3) is 6.08 Å². The number of ether oxygens (including phenoxy) is 2. The Labute approximate surface area is 181 Å². The molecule has 3 N–H and O–H groups in total. The summed E-state index contributed by atoms with van der Waals surface area (Å²) in [4.78, 5) is 12.7. The van der Waals surface area contributed by atoms with Crippen molar-refractivity contribution in [3.63, 3.8) is 0 Å². The van der Waals surface area contributed by atoms with Gasteiger partial charge < -0.3 is 24.8 Å². The second-order valence-corrected chi connectivity index (χ2v) is 8.56. The van der Waals surface area contributed by atoms with E-state index in [0.717, 1.165) is 18.9 Å². The van der Waals surface area contributed by atoms with Crippen molar-refractivity contribution in [2.24, 2.45) is 0 Å². The molecule has 2 aliphatic heterocycles. The second-order valence-electron chi connectivity index (χ2n) is 8.56. The van der Waals surface area contributed by atoms with Gasteiger partial charge in [0.1, 0.15) is 46.0 Å². The Morgan fingerprint density at radius 3 is 2.71 bits per heavy atom. The Bertz CT molecular complexity index is 1110. The average molecular weight is 422 g/mol. The molecule has 0 saturated carbocycles. The fourth-order valence-corrected chi connectivity index (χ4v) is 4.04. The molecular formula is C25H26O6. The lowest BCUT2D eigenvalue weighted by Gasteiger charge is -2.35. The minimum absolute atomic E-state index is 0.00407. The maximum absolute atomic E-state index is 12.7. The largest absolute Gasteiger partial charge is 0.508 e. The van der Waals surface area contributed by atoms with Crippen LogP contribution < -0.4 is 9.47 Å². The number of hydrogen-bond donors (Lipinski definition) is 3. The smallest absolute Gasteiger partial charge is 0.174 e. The maximum Gasteiger partial charge on any atom is 0.174 e. The highest BCUT2D eigenvalue weighted by Gasteiger charge is 2.36. The molecule has 0 bridgehead atoms. The van der Waals surface area contributed by atoms with Gasteiger partial charge in [-0.15, -0.1) is 0 Å². The van der Waals surface area contributed by atoms with Gasteiger partial charge in [-0.25, -0.2) is 0 Å². The molecule has 2 atom stereocenters. The van der Waals surface area contributed by atoms with Crippen LogP contribution in [0.4, 0.5) is 0 Å². The zero-order valence-corrected chi connectivity index (χ0v) is 17.8. The first-order valence-electron chi connectivity index (χ1n) is 10.3. The number of carbonyl (C=O) groups excluding carboxylic acids is 1. The Morgan fingerprint density at radius 1 is 1.19 bits per heavy atom. The number of phenolic OH excluding ortho intramolecular Hbond substituents is 3.